The number of hydrogen-bond acceptors (Lipinski definition) is 1. The largest absolute Gasteiger partial charge is 0.512 e. The van der Waals surface area contributed by atoms with E-state index in [9.17, 15) is 0 Å². The molecule has 0 aliphatic carbocycles. The van der Waals surface area contributed by atoms with Crippen LogP contribution in [0.15, 0.2) is 24.0 Å². The van der Waals surface area contributed by atoms with Gasteiger partial charge in [0.1, 0.15) is 5.70 Å². The molecule has 0 fully saturated rings. The Balaban J connectivity index is 0.000000371. The summed E-state index contributed by atoms with van der Waals surface area (Å²) in [7, 11) is 2.15. The van der Waals surface area contributed by atoms with Crippen LogP contribution in [0.4, 0.5) is 0 Å². The first-order chi connectivity index (χ1) is 4.84. The molecule has 0 saturated heterocycles. The van der Waals surface area contributed by atoms with Gasteiger partial charge in [0.25, 0.3) is 0 Å². The van der Waals surface area contributed by atoms with Crippen LogP contribution in [0.25, 0.3) is 0 Å². The normalized spacial score (nSPS) is 21.2. The minimum Gasteiger partial charge on any atom is -0.512 e. The SMILES string of the molecule is CCC1=CC=C[NH+]1C.[C-]#N. The molecule has 2 heteroatoms. The van der Waals surface area contributed by atoms with E-state index in [0.29, 0.717) is 0 Å². The van der Waals surface area contributed by atoms with Gasteiger partial charge < -0.3 is 11.8 Å². The maximum atomic E-state index is 6.25. The molecule has 54 valence electrons. The first-order valence-electron chi connectivity index (χ1n) is 3.28. The fraction of sp³-hybridized carbons (Fsp3) is 0.375. The van der Waals surface area contributed by atoms with Crippen molar-refractivity contribution in [3.05, 3.63) is 30.6 Å². The Morgan fingerprint density at radius 3 is 2.40 bits per heavy atom. The summed E-state index contributed by atoms with van der Waals surface area (Å²) in [6, 6.07) is 0. The van der Waals surface area contributed by atoms with Gasteiger partial charge in [-0.2, -0.15) is 0 Å². The molecule has 2 nitrogen and oxygen atoms in total. The molecule has 0 aromatic heterocycles. The lowest BCUT2D eigenvalue weighted by Crippen LogP contribution is -3.01. The molecule has 0 amide bonds. The first-order valence-corrected chi connectivity index (χ1v) is 3.28. The summed E-state index contributed by atoms with van der Waals surface area (Å²) in [5.41, 5.74) is 1.48. The van der Waals surface area contributed by atoms with Crippen molar-refractivity contribution in [1.82, 2.24) is 0 Å². The van der Waals surface area contributed by atoms with E-state index in [2.05, 4.69) is 32.3 Å². The lowest BCUT2D eigenvalue weighted by atomic mass is 10.3. The quantitative estimate of drug-likeness (QED) is 0.520. The van der Waals surface area contributed by atoms with E-state index in [1.165, 1.54) is 17.0 Å². The molecule has 1 aliphatic heterocycles. The molecule has 0 aromatic rings. The van der Waals surface area contributed by atoms with E-state index in [0.717, 1.165) is 0 Å². The molecule has 1 unspecified atom stereocenters. The summed E-state index contributed by atoms with van der Waals surface area (Å²) < 4.78 is 0. The van der Waals surface area contributed by atoms with Crippen molar-refractivity contribution in [1.29, 1.82) is 5.26 Å². The summed E-state index contributed by atoms with van der Waals surface area (Å²) in [6.45, 7) is 6.93. The molecule has 0 saturated carbocycles. The van der Waals surface area contributed by atoms with Crippen molar-refractivity contribution in [3.63, 3.8) is 0 Å². The lowest BCUT2D eigenvalue weighted by Gasteiger charge is -2.03. The van der Waals surface area contributed by atoms with E-state index in [1.807, 2.05) is 0 Å². The summed E-state index contributed by atoms with van der Waals surface area (Å²) >= 11 is 0. The summed E-state index contributed by atoms with van der Waals surface area (Å²) in [5, 5.41) is 6.25. The summed E-state index contributed by atoms with van der Waals surface area (Å²) in [6.07, 6.45) is 7.60. The Bertz CT molecular complexity index is 165. The molecule has 0 radical (unpaired) electrons. The average Bonchev–Trinajstić information content (AvgIpc) is 2.39. The van der Waals surface area contributed by atoms with E-state index >= 15 is 0 Å². The molecule has 1 atom stereocenters. The van der Waals surface area contributed by atoms with Crippen LogP contribution in [0.1, 0.15) is 13.3 Å². The number of hydrogen-bond donors (Lipinski definition) is 1. The number of nitrogens with one attached hydrogen (secondary N) is 1. The zero-order chi connectivity index (χ0) is 7.98. The van der Waals surface area contributed by atoms with Crippen LogP contribution in [0.5, 0.6) is 0 Å². The second kappa shape index (κ2) is 4.78. The van der Waals surface area contributed by atoms with Gasteiger partial charge in [-0.05, 0) is 6.08 Å². The van der Waals surface area contributed by atoms with Crippen molar-refractivity contribution in [3.8, 4) is 0 Å². The molecule has 0 aromatic carbocycles. The zero-order valence-corrected chi connectivity index (χ0v) is 6.39. The third-order valence-corrected chi connectivity index (χ3v) is 1.53. The molecule has 10 heavy (non-hydrogen) atoms. The highest BCUT2D eigenvalue weighted by molar-refractivity contribution is 5.09. The second-order valence-corrected chi connectivity index (χ2v) is 2.09. The van der Waals surface area contributed by atoms with Crippen LogP contribution in [0.2, 0.25) is 0 Å². The molecule has 1 N–H and O–H groups in total. The fourth-order valence-corrected chi connectivity index (χ4v) is 0.944. The summed E-state index contributed by atoms with van der Waals surface area (Å²) in [4.78, 5) is 1.42. The van der Waals surface area contributed by atoms with Crippen molar-refractivity contribution in [2.24, 2.45) is 0 Å². The van der Waals surface area contributed by atoms with E-state index in [1.54, 1.807) is 0 Å². The zero-order valence-electron chi connectivity index (χ0n) is 6.39. The summed E-state index contributed by atoms with van der Waals surface area (Å²) in [5.74, 6) is 0. The Labute approximate surface area is 62.1 Å². The lowest BCUT2D eigenvalue weighted by molar-refractivity contribution is -0.780. The van der Waals surface area contributed by atoms with E-state index in [-0.39, 0.29) is 0 Å². The first kappa shape index (κ1) is 8.93. The van der Waals surface area contributed by atoms with Gasteiger partial charge in [-0.25, -0.2) is 0 Å². The van der Waals surface area contributed by atoms with E-state index < -0.39 is 0 Å². The van der Waals surface area contributed by atoms with Gasteiger partial charge in [0.2, 0.25) is 0 Å². The van der Waals surface area contributed by atoms with Gasteiger partial charge in [0.05, 0.1) is 13.2 Å². The van der Waals surface area contributed by atoms with Crippen molar-refractivity contribution in [2.45, 2.75) is 13.3 Å². The molecule has 0 spiro atoms. The molecule has 0 bridgehead atoms. The van der Waals surface area contributed by atoms with Crippen LogP contribution < -0.4 is 4.90 Å². The Kier molecular flexibility index (Phi) is 4.26. The third-order valence-electron chi connectivity index (χ3n) is 1.53. The van der Waals surface area contributed by atoms with Crippen LogP contribution in [0, 0.1) is 11.8 Å². The van der Waals surface area contributed by atoms with Gasteiger partial charge in [0, 0.05) is 12.5 Å². The van der Waals surface area contributed by atoms with Crippen LogP contribution in [-0.4, -0.2) is 7.05 Å². The maximum Gasteiger partial charge on any atom is 0.111 e. The van der Waals surface area contributed by atoms with Crippen molar-refractivity contribution in [2.75, 3.05) is 7.05 Å². The Hall–Kier alpha value is -1.07. The average molecular weight is 136 g/mol. The van der Waals surface area contributed by atoms with Crippen LogP contribution in [-0.2, 0) is 0 Å². The van der Waals surface area contributed by atoms with Gasteiger partial charge in [-0.1, -0.05) is 6.92 Å². The predicted octanol–water partition coefficient (Wildman–Crippen LogP) is 0.419. The number of allylic oxidation sites excluding steroid dienone is 3. The standard InChI is InChI=1S/C7H11N.CN/c1-3-7-5-4-6-8(7)2;1-2/h4-6H,3H2,1-2H3;/q;-1/p+1. The minimum absolute atomic E-state index is 1.17. The van der Waals surface area contributed by atoms with Crippen molar-refractivity contribution < 1.29 is 4.90 Å². The molecule has 1 rings (SSSR count). The third kappa shape index (κ3) is 2.04. The minimum atomic E-state index is 1.17. The van der Waals surface area contributed by atoms with Crippen LogP contribution in [0.3, 0.4) is 0 Å². The highest BCUT2D eigenvalue weighted by Crippen LogP contribution is 1.94. The predicted molar refractivity (Wildman–Crippen MR) is 39.4 cm³/mol. The molecular weight excluding hydrogens is 124 g/mol. The van der Waals surface area contributed by atoms with Crippen molar-refractivity contribution >= 4 is 0 Å². The number of rotatable bonds is 1. The monoisotopic (exact) mass is 136 g/mol. The van der Waals surface area contributed by atoms with Crippen LogP contribution >= 0.6 is 0 Å². The van der Waals surface area contributed by atoms with Gasteiger partial charge in [-0.3, -0.25) is 4.90 Å². The highest BCUT2D eigenvalue weighted by Gasteiger charge is 2.06. The molecule has 1 heterocycles. The second-order valence-electron chi connectivity index (χ2n) is 2.09. The molecular formula is C8H12N2. The van der Waals surface area contributed by atoms with Gasteiger partial charge in [-0.15, -0.1) is 0 Å². The van der Waals surface area contributed by atoms with E-state index in [4.69, 9.17) is 11.8 Å². The van der Waals surface area contributed by atoms with Gasteiger partial charge >= 0.3 is 0 Å². The smallest absolute Gasteiger partial charge is 0.111 e. The van der Waals surface area contributed by atoms with Gasteiger partial charge in [0.15, 0.2) is 0 Å². The number of nitrogens with zero attached hydrogens (tertiary/aromatic N) is 1. The fourth-order valence-electron chi connectivity index (χ4n) is 0.944. The topological polar surface area (TPSA) is 28.2 Å². The maximum absolute atomic E-state index is 6.25. The molecule has 1 aliphatic rings. The number of quaternary nitrogens is 1. The Morgan fingerprint density at radius 1 is 1.60 bits per heavy atom. The Morgan fingerprint density at radius 2 is 2.20 bits per heavy atom. The highest BCUT2D eigenvalue weighted by atomic mass is 15.1.